The second-order valence-corrected chi connectivity index (χ2v) is 5.70. The zero-order valence-corrected chi connectivity index (χ0v) is 12.2. The summed E-state index contributed by atoms with van der Waals surface area (Å²) in [5, 5.41) is 0. The molecule has 0 saturated carbocycles. The Bertz CT molecular complexity index is 381. The van der Waals surface area contributed by atoms with Crippen LogP contribution in [0.25, 0.3) is 0 Å². The van der Waals surface area contributed by atoms with Gasteiger partial charge in [0.25, 0.3) is 0 Å². The highest BCUT2D eigenvalue weighted by atomic mass is 19.1. The molecule has 0 fully saturated rings. The van der Waals surface area contributed by atoms with E-state index >= 15 is 0 Å². The molecular weight excluding hydrogens is 244 g/mol. The number of hydrogen-bond donors (Lipinski definition) is 1. The van der Waals surface area contributed by atoms with Crippen molar-refractivity contribution in [3.8, 4) is 0 Å². The molecule has 19 heavy (non-hydrogen) atoms. The number of rotatable bonds is 7. The monoisotopic (exact) mass is 269 g/mol. The molecule has 0 aromatic heterocycles. The molecule has 0 aliphatic heterocycles. The minimum atomic E-state index is -0.683. The van der Waals surface area contributed by atoms with E-state index in [9.17, 15) is 8.78 Å². The smallest absolute Gasteiger partial charge is 0.126 e. The largest absolute Gasteiger partial charge is 0.322 e. The first-order valence-corrected chi connectivity index (χ1v) is 7.14. The molecule has 1 aromatic carbocycles. The highest BCUT2D eigenvalue weighted by molar-refractivity contribution is 5.25. The van der Waals surface area contributed by atoms with E-state index in [0.717, 1.165) is 31.7 Å². The molecule has 108 valence electrons. The summed E-state index contributed by atoms with van der Waals surface area (Å²) in [6.45, 7) is 6.16. The third-order valence-electron chi connectivity index (χ3n) is 3.78. The molecule has 1 nitrogen and oxygen atoms in total. The van der Waals surface area contributed by atoms with Crippen LogP contribution in [0.15, 0.2) is 18.2 Å². The number of nitrogens with two attached hydrogens (primary N) is 1. The Balaban J connectivity index is 2.83. The van der Waals surface area contributed by atoms with Crippen molar-refractivity contribution in [3.05, 3.63) is 35.4 Å². The minimum absolute atomic E-state index is 0.501. The number of hydrogen-bond acceptors (Lipinski definition) is 1. The number of benzene rings is 1. The molecule has 0 aliphatic carbocycles. The summed E-state index contributed by atoms with van der Waals surface area (Å²) in [4.78, 5) is 0. The maximum atomic E-state index is 13.3. The molecule has 1 aromatic rings. The highest BCUT2D eigenvalue weighted by Crippen LogP contribution is 2.30. The summed E-state index contributed by atoms with van der Waals surface area (Å²) < 4.78 is 26.6. The molecule has 0 radical (unpaired) electrons. The first-order chi connectivity index (χ1) is 8.89. The van der Waals surface area contributed by atoms with E-state index in [4.69, 9.17) is 5.73 Å². The Labute approximate surface area is 115 Å². The summed E-state index contributed by atoms with van der Waals surface area (Å²) in [5.41, 5.74) is 6.15. The van der Waals surface area contributed by atoms with Crippen LogP contribution in [0.3, 0.4) is 0 Å². The topological polar surface area (TPSA) is 26.0 Å². The van der Waals surface area contributed by atoms with E-state index in [2.05, 4.69) is 13.8 Å². The van der Waals surface area contributed by atoms with Crippen molar-refractivity contribution in [1.29, 1.82) is 0 Å². The van der Waals surface area contributed by atoms with Crippen LogP contribution in [0, 0.1) is 17.6 Å². The zero-order valence-electron chi connectivity index (χ0n) is 12.2. The molecule has 3 heteroatoms. The van der Waals surface area contributed by atoms with E-state index in [0.29, 0.717) is 11.5 Å². The molecule has 0 bridgehead atoms. The van der Waals surface area contributed by atoms with Crippen LogP contribution in [-0.4, -0.2) is 0 Å². The fourth-order valence-corrected chi connectivity index (χ4v) is 2.54. The van der Waals surface area contributed by atoms with Gasteiger partial charge in [-0.2, -0.15) is 0 Å². The van der Waals surface area contributed by atoms with E-state index in [1.54, 1.807) is 0 Å². The minimum Gasteiger partial charge on any atom is -0.322 e. The van der Waals surface area contributed by atoms with Crippen LogP contribution in [0.1, 0.15) is 58.4 Å². The Kier molecular flexibility index (Phi) is 5.92. The Morgan fingerprint density at radius 1 is 1.16 bits per heavy atom. The van der Waals surface area contributed by atoms with Gasteiger partial charge in [-0.3, -0.25) is 0 Å². The lowest BCUT2D eigenvalue weighted by Crippen LogP contribution is -2.35. The van der Waals surface area contributed by atoms with Crippen molar-refractivity contribution in [1.82, 2.24) is 0 Å². The van der Waals surface area contributed by atoms with Crippen LogP contribution in [-0.2, 0) is 5.54 Å². The maximum Gasteiger partial charge on any atom is 0.126 e. The van der Waals surface area contributed by atoms with Crippen molar-refractivity contribution in [2.45, 2.75) is 58.4 Å². The van der Waals surface area contributed by atoms with E-state index < -0.39 is 17.2 Å². The van der Waals surface area contributed by atoms with Crippen molar-refractivity contribution in [3.63, 3.8) is 0 Å². The quantitative estimate of drug-likeness (QED) is 0.759. The normalized spacial score (nSPS) is 16.1. The van der Waals surface area contributed by atoms with Gasteiger partial charge in [-0.25, -0.2) is 8.78 Å². The van der Waals surface area contributed by atoms with Crippen LogP contribution in [0.4, 0.5) is 8.78 Å². The molecule has 0 saturated heterocycles. The van der Waals surface area contributed by atoms with Gasteiger partial charge in [0.15, 0.2) is 0 Å². The molecule has 0 spiro atoms. The molecular formula is C16H25F2N. The second-order valence-electron chi connectivity index (χ2n) is 5.70. The van der Waals surface area contributed by atoms with Gasteiger partial charge in [0.1, 0.15) is 11.6 Å². The van der Waals surface area contributed by atoms with Crippen molar-refractivity contribution < 1.29 is 8.78 Å². The third kappa shape index (κ3) is 4.90. The van der Waals surface area contributed by atoms with Crippen LogP contribution < -0.4 is 5.73 Å². The van der Waals surface area contributed by atoms with Gasteiger partial charge >= 0.3 is 0 Å². The van der Waals surface area contributed by atoms with Crippen LogP contribution in [0.5, 0.6) is 0 Å². The van der Waals surface area contributed by atoms with Gasteiger partial charge in [-0.1, -0.05) is 39.5 Å². The zero-order chi connectivity index (χ0) is 14.5. The summed E-state index contributed by atoms with van der Waals surface area (Å²) in [6.07, 6.45) is 5.26. The Morgan fingerprint density at radius 2 is 1.74 bits per heavy atom. The van der Waals surface area contributed by atoms with Crippen molar-refractivity contribution >= 4 is 0 Å². The second kappa shape index (κ2) is 6.99. The molecule has 2 atom stereocenters. The van der Waals surface area contributed by atoms with Crippen molar-refractivity contribution in [2.75, 3.05) is 0 Å². The molecule has 0 aliphatic rings. The Hall–Kier alpha value is -0.960. The van der Waals surface area contributed by atoms with Gasteiger partial charge < -0.3 is 5.73 Å². The van der Waals surface area contributed by atoms with E-state index in [1.807, 2.05) is 6.92 Å². The lowest BCUT2D eigenvalue weighted by molar-refractivity contribution is 0.314. The van der Waals surface area contributed by atoms with Gasteiger partial charge in [0.05, 0.1) is 0 Å². The van der Waals surface area contributed by atoms with Crippen LogP contribution >= 0.6 is 0 Å². The molecule has 0 amide bonds. The average Bonchev–Trinajstić information content (AvgIpc) is 2.33. The fraction of sp³-hybridized carbons (Fsp3) is 0.625. The third-order valence-corrected chi connectivity index (χ3v) is 3.78. The summed E-state index contributed by atoms with van der Waals surface area (Å²) >= 11 is 0. The van der Waals surface area contributed by atoms with Gasteiger partial charge in [-0.05, 0) is 37.0 Å². The predicted octanol–water partition coefficient (Wildman–Crippen LogP) is 4.75. The molecule has 0 heterocycles. The average molecular weight is 269 g/mol. The lowest BCUT2D eigenvalue weighted by Gasteiger charge is -2.30. The van der Waals surface area contributed by atoms with Gasteiger partial charge in [-0.15, -0.1) is 0 Å². The van der Waals surface area contributed by atoms with Gasteiger partial charge in [0.2, 0.25) is 0 Å². The molecule has 2 unspecified atom stereocenters. The molecule has 1 rings (SSSR count). The highest BCUT2D eigenvalue weighted by Gasteiger charge is 2.26. The first kappa shape index (κ1) is 16.1. The van der Waals surface area contributed by atoms with Crippen LogP contribution in [0.2, 0.25) is 0 Å². The van der Waals surface area contributed by atoms with Gasteiger partial charge in [0, 0.05) is 11.6 Å². The Morgan fingerprint density at radius 3 is 2.21 bits per heavy atom. The predicted molar refractivity (Wildman–Crippen MR) is 75.8 cm³/mol. The lowest BCUT2D eigenvalue weighted by atomic mass is 9.81. The number of halogens is 2. The fourth-order valence-electron chi connectivity index (χ4n) is 2.54. The standard InChI is InChI=1S/C16H25F2N/c1-4-6-7-12(5-2)11-16(3,19)13-8-14(17)10-15(18)9-13/h8-10,12H,4-7,11,19H2,1-3H3. The maximum absolute atomic E-state index is 13.3. The first-order valence-electron chi connectivity index (χ1n) is 7.14. The number of unbranched alkanes of at least 4 members (excludes halogenated alkanes) is 1. The molecule has 2 N–H and O–H groups in total. The summed E-state index contributed by atoms with van der Waals surface area (Å²) in [7, 11) is 0. The van der Waals surface area contributed by atoms with E-state index in [-0.39, 0.29) is 0 Å². The van der Waals surface area contributed by atoms with E-state index in [1.165, 1.54) is 18.6 Å². The summed E-state index contributed by atoms with van der Waals surface area (Å²) in [6, 6.07) is 3.57. The summed E-state index contributed by atoms with van der Waals surface area (Å²) in [5.74, 6) is -0.622. The van der Waals surface area contributed by atoms with Crippen molar-refractivity contribution in [2.24, 2.45) is 11.7 Å². The SMILES string of the molecule is CCCCC(CC)CC(C)(N)c1cc(F)cc(F)c1.